The van der Waals surface area contributed by atoms with Gasteiger partial charge < -0.3 is 14.8 Å². The van der Waals surface area contributed by atoms with Crippen LogP contribution in [0.2, 0.25) is 0 Å². The normalized spacial score (nSPS) is 17.9. The van der Waals surface area contributed by atoms with Crippen LogP contribution in [0.1, 0.15) is 27.8 Å². The third kappa shape index (κ3) is 3.15. The first-order valence-electron chi connectivity index (χ1n) is 7.22. The molecule has 1 saturated heterocycles. The maximum absolute atomic E-state index is 12.8. The van der Waals surface area contributed by atoms with E-state index in [2.05, 4.69) is 10.3 Å². The highest BCUT2D eigenvalue weighted by molar-refractivity contribution is 5.94. The van der Waals surface area contributed by atoms with Crippen LogP contribution >= 0.6 is 12.4 Å². The molecule has 0 saturated carbocycles. The molecule has 2 aromatic rings. The summed E-state index contributed by atoms with van der Waals surface area (Å²) in [6, 6.07) is 7.73. The predicted octanol–water partition coefficient (Wildman–Crippen LogP) is 1.94. The maximum Gasteiger partial charge on any atom is 0.254 e. The number of hydrogen-bond donors (Lipinski definition) is 1. The first-order chi connectivity index (χ1) is 10.2. The summed E-state index contributed by atoms with van der Waals surface area (Å²) in [7, 11) is 1.96. The number of carbonyl (C=O) groups excluding carboxylic acids is 1. The van der Waals surface area contributed by atoms with Crippen LogP contribution in [0.3, 0.4) is 0 Å². The summed E-state index contributed by atoms with van der Waals surface area (Å²) < 4.78 is 1.98. The van der Waals surface area contributed by atoms with Gasteiger partial charge in [0.25, 0.3) is 5.91 Å². The van der Waals surface area contributed by atoms with Crippen LogP contribution in [0.4, 0.5) is 0 Å². The summed E-state index contributed by atoms with van der Waals surface area (Å²) in [5, 5.41) is 3.35. The fourth-order valence-corrected chi connectivity index (χ4v) is 2.74. The van der Waals surface area contributed by atoms with E-state index >= 15 is 0 Å². The summed E-state index contributed by atoms with van der Waals surface area (Å²) in [6.07, 6.45) is 3.69. The lowest BCUT2D eigenvalue weighted by Crippen LogP contribution is -2.49. The van der Waals surface area contributed by atoms with Gasteiger partial charge in [0.15, 0.2) is 0 Å². The summed E-state index contributed by atoms with van der Waals surface area (Å²) in [6.45, 7) is 4.28. The van der Waals surface area contributed by atoms with Crippen molar-refractivity contribution in [2.24, 2.45) is 7.05 Å². The Bertz CT molecular complexity index is 638. The molecule has 1 aromatic carbocycles. The number of imidazole rings is 1. The molecule has 1 atom stereocenters. The lowest BCUT2D eigenvalue weighted by atomic mass is 10.1. The van der Waals surface area contributed by atoms with Crippen molar-refractivity contribution in [1.29, 1.82) is 0 Å². The molecular formula is C16H21ClN4O. The monoisotopic (exact) mass is 320 g/mol. The number of hydrogen-bond acceptors (Lipinski definition) is 3. The van der Waals surface area contributed by atoms with Crippen LogP contribution in [0.15, 0.2) is 36.7 Å². The molecule has 0 radical (unpaired) electrons. The number of aromatic nitrogens is 2. The van der Waals surface area contributed by atoms with E-state index in [1.54, 1.807) is 6.20 Å². The van der Waals surface area contributed by atoms with Gasteiger partial charge in [0.1, 0.15) is 11.9 Å². The zero-order valence-corrected chi connectivity index (χ0v) is 13.6. The van der Waals surface area contributed by atoms with Crippen molar-refractivity contribution in [3.63, 3.8) is 0 Å². The molecule has 6 heteroatoms. The minimum atomic E-state index is -0.0208. The molecule has 1 amide bonds. The van der Waals surface area contributed by atoms with Crippen LogP contribution < -0.4 is 5.32 Å². The Kier molecular flexibility index (Phi) is 5.21. The van der Waals surface area contributed by atoms with Crippen molar-refractivity contribution in [2.45, 2.75) is 13.0 Å². The zero-order valence-electron chi connectivity index (χ0n) is 12.8. The molecule has 2 heterocycles. The average Bonchev–Trinajstić information content (AvgIpc) is 2.93. The van der Waals surface area contributed by atoms with Crippen molar-refractivity contribution < 1.29 is 4.79 Å². The maximum atomic E-state index is 12.8. The Hall–Kier alpha value is -1.85. The van der Waals surface area contributed by atoms with Crippen LogP contribution in [0.25, 0.3) is 0 Å². The Morgan fingerprint density at radius 3 is 2.68 bits per heavy atom. The number of piperazine rings is 1. The molecule has 1 unspecified atom stereocenters. The Labute approximate surface area is 136 Å². The smallest absolute Gasteiger partial charge is 0.254 e. The van der Waals surface area contributed by atoms with E-state index in [1.807, 2.05) is 53.9 Å². The van der Waals surface area contributed by atoms with E-state index in [0.717, 1.165) is 30.0 Å². The fraction of sp³-hybridized carbons (Fsp3) is 0.375. The zero-order chi connectivity index (χ0) is 14.8. The number of carbonyl (C=O) groups is 1. The van der Waals surface area contributed by atoms with E-state index in [-0.39, 0.29) is 24.4 Å². The van der Waals surface area contributed by atoms with Crippen molar-refractivity contribution in [3.8, 4) is 0 Å². The Morgan fingerprint density at radius 2 is 2.05 bits per heavy atom. The third-order valence-corrected chi connectivity index (χ3v) is 3.96. The van der Waals surface area contributed by atoms with E-state index in [4.69, 9.17) is 0 Å². The molecule has 118 valence electrons. The van der Waals surface area contributed by atoms with Crippen LogP contribution in [0, 0.1) is 6.92 Å². The minimum Gasteiger partial charge on any atom is -0.336 e. The highest BCUT2D eigenvalue weighted by Gasteiger charge is 2.30. The summed E-state index contributed by atoms with van der Waals surface area (Å²) >= 11 is 0. The van der Waals surface area contributed by atoms with Gasteiger partial charge in [0.05, 0.1) is 0 Å². The first kappa shape index (κ1) is 16.5. The van der Waals surface area contributed by atoms with Gasteiger partial charge in [-0.2, -0.15) is 0 Å². The van der Waals surface area contributed by atoms with Gasteiger partial charge >= 0.3 is 0 Å². The molecule has 0 bridgehead atoms. The lowest BCUT2D eigenvalue weighted by Gasteiger charge is -2.35. The molecule has 1 aromatic heterocycles. The van der Waals surface area contributed by atoms with Crippen molar-refractivity contribution >= 4 is 18.3 Å². The highest BCUT2D eigenvalue weighted by atomic mass is 35.5. The van der Waals surface area contributed by atoms with Gasteiger partial charge in [0, 0.05) is 44.6 Å². The fourth-order valence-electron chi connectivity index (χ4n) is 2.74. The summed E-state index contributed by atoms with van der Waals surface area (Å²) in [5.41, 5.74) is 1.90. The number of halogens is 1. The van der Waals surface area contributed by atoms with Crippen LogP contribution in [0.5, 0.6) is 0 Å². The average molecular weight is 321 g/mol. The van der Waals surface area contributed by atoms with Crippen LogP contribution in [-0.2, 0) is 7.05 Å². The van der Waals surface area contributed by atoms with Crippen molar-refractivity contribution in [1.82, 2.24) is 19.8 Å². The second-order valence-corrected chi connectivity index (χ2v) is 5.48. The first-order valence-corrected chi connectivity index (χ1v) is 7.22. The van der Waals surface area contributed by atoms with Gasteiger partial charge in [-0.3, -0.25) is 4.79 Å². The highest BCUT2D eigenvalue weighted by Crippen LogP contribution is 2.22. The Balaban J connectivity index is 0.00000176. The standard InChI is InChI=1S/C16H20N4O.ClH/c1-12-3-5-13(6-4-12)16(21)20-10-7-17-11-14(20)15-18-8-9-19(15)2;/h3-6,8-9,14,17H,7,10-11H2,1-2H3;1H. The second-order valence-electron chi connectivity index (χ2n) is 5.48. The van der Waals surface area contributed by atoms with E-state index in [1.165, 1.54) is 0 Å². The van der Waals surface area contributed by atoms with Gasteiger partial charge in [0.2, 0.25) is 0 Å². The van der Waals surface area contributed by atoms with Gasteiger partial charge in [-0.15, -0.1) is 12.4 Å². The molecule has 0 spiro atoms. The molecule has 0 aliphatic carbocycles. The molecule has 1 fully saturated rings. The molecule has 1 N–H and O–H groups in total. The molecule has 5 nitrogen and oxygen atoms in total. The van der Waals surface area contributed by atoms with E-state index in [9.17, 15) is 4.79 Å². The van der Waals surface area contributed by atoms with Crippen molar-refractivity contribution in [2.75, 3.05) is 19.6 Å². The largest absolute Gasteiger partial charge is 0.336 e. The second kappa shape index (κ2) is 6.94. The lowest BCUT2D eigenvalue weighted by molar-refractivity contribution is 0.0621. The molecule has 22 heavy (non-hydrogen) atoms. The number of rotatable bonds is 2. The minimum absolute atomic E-state index is 0. The molecule has 1 aliphatic rings. The quantitative estimate of drug-likeness (QED) is 0.920. The Morgan fingerprint density at radius 1 is 1.32 bits per heavy atom. The topological polar surface area (TPSA) is 50.2 Å². The van der Waals surface area contributed by atoms with E-state index < -0.39 is 0 Å². The predicted molar refractivity (Wildman–Crippen MR) is 88.3 cm³/mol. The molecule has 3 rings (SSSR count). The summed E-state index contributed by atoms with van der Waals surface area (Å²) in [4.78, 5) is 19.1. The summed E-state index contributed by atoms with van der Waals surface area (Å²) in [5.74, 6) is 0.993. The van der Waals surface area contributed by atoms with Crippen LogP contribution in [-0.4, -0.2) is 40.0 Å². The van der Waals surface area contributed by atoms with Gasteiger partial charge in [-0.1, -0.05) is 17.7 Å². The molecule has 1 aliphatic heterocycles. The van der Waals surface area contributed by atoms with Gasteiger partial charge in [-0.25, -0.2) is 4.98 Å². The number of benzene rings is 1. The third-order valence-electron chi connectivity index (χ3n) is 3.96. The van der Waals surface area contributed by atoms with E-state index in [0.29, 0.717) is 6.54 Å². The van der Waals surface area contributed by atoms with Crippen molar-refractivity contribution in [3.05, 3.63) is 53.6 Å². The number of nitrogens with zero attached hydrogens (tertiary/aromatic N) is 3. The van der Waals surface area contributed by atoms with Gasteiger partial charge in [-0.05, 0) is 19.1 Å². The number of aryl methyl sites for hydroxylation is 2. The number of nitrogens with one attached hydrogen (secondary N) is 1. The SMILES string of the molecule is Cc1ccc(C(=O)N2CCNCC2c2nccn2C)cc1.Cl. The number of amides is 1. The molecular weight excluding hydrogens is 300 g/mol.